The van der Waals surface area contributed by atoms with E-state index in [4.69, 9.17) is 0 Å². The Morgan fingerprint density at radius 1 is 1.05 bits per heavy atom. The molecule has 0 spiro atoms. The zero-order valence-corrected chi connectivity index (χ0v) is 15.2. The van der Waals surface area contributed by atoms with E-state index in [2.05, 4.69) is 56.9 Å². The Morgan fingerprint density at radius 3 is 2.24 bits per heavy atom. The lowest BCUT2D eigenvalue weighted by molar-refractivity contribution is 0.203. The molecule has 0 aromatic heterocycles. The molecule has 0 aliphatic carbocycles. The van der Waals surface area contributed by atoms with Gasteiger partial charge in [0.1, 0.15) is 0 Å². The molecule has 0 heterocycles. The SMILES string of the molecule is CCCCCCCC(O)/C(=C/c1ccccc1)[Si](C)(C)C. The predicted octanol–water partition coefficient (Wildman–Crippen LogP) is 5.67. The van der Waals surface area contributed by atoms with Crippen LogP contribution >= 0.6 is 0 Å². The first-order valence-corrected chi connectivity index (χ1v) is 11.9. The third-order valence-electron chi connectivity index (χ3n) is 3.93. The molecule has 1 aromatic rings. The average molecular weight is 305 g/mol. The number of unbranched alkanes of at least 4 members (excludes halogenated alkanes) is 4. The van der Waals surface area contributed by atoms with Crippen molar-refractivity contribution in [2.24, 2.45) is 0 Å². The van der Waals surface area contributed by atoms with E-state index in [0.717, 1.165) is 12.8 Å². The molecule has 0 saturated heterocycles. The summed E-state index contributed by atoms with van der Waals surface area (Å²) >= 11 is 0. The van der Waals surface area contributed by atoms with E-state index in [1.165, 1.54) is 36.4 Å². The molecule has 118 valence electrons. The van der Waals surface area contributed by atoms with Crippen LogP contribution in [0.1, 0.15) is 51.0 Å². The lowest BCUT2D eigenvalue weighted by atomic mass is 10.1. The van der Waals surface area contributed by atoms with Gasteiger partial charge in [0, 0.05) is 0 Å². The lowest BCUT2D eigenvalue weighted by Gasteiger charge is -2.26. The maximum absolute atomic E-state index is 10.6. The van der Waals surface area contributed by atoms with Gasteiger partial charge in [-0.2, -0.15) is 0 Å². The Bertz CT molecular complexity index is 417. The van der Waals surface area contributed by atoms with Gasteiger partial charge in [0.25, 0.3) is 0 Å². The van der Waals surface area contributed by atoms with Crippen LogP contribution in [-0.2, 0) is 0 Å². The van der Waals surface area contributed by atoms with Gasteiger partial charge in [0.05, 0.1) is 14.2 Å². The van der Waals surface area contributed by atoms with Crippen LogP contribution in [0.3, 0.4) is 0 Å². The Morgan fingerprint density at radius 2 is 1.67 bits per heavy atom. The van der Waals surface area contributed by atoms with Gasteiger partial charge < -0.3 is 5.11 Å². The third kappa shape index (κ3) is 7.10. The number of hydrogen-bond donors (Lipinski definition) is 1. The number of hydrogen-bond acceptors (Lipinski definition) is 1. The average Bonchev–Trinajstić information content (AvgIpc) is 2.44. The first kappa shape index (κ1) is 18.2. The van der Waals surface area contributed by atoms with Gasteiger partial charge in [-0.15, -0.1) is 0 Å². The molecule has 0 bridgehead atoms. The summed E-state index contributed by atoms with van der Waals surface area (Å²) in [5, 5.41) is 11.9. The topological polar surface area (TPSA) is 20.2 Å². The molecule has 2 heteroatoms. The minimum atomic E-state index is -1.50. The monoisotopic (exact) mass is 304 g/mol. The normalized spacial score (nSPS) is 14.2. The van der Waals surface area contributed by atoms with Crippen molar-refractivity contribution < 1.29 is 5.11 Å². The van der Waals surface area contributed by atoms with Crippen molar-refractivity contribution >= 4 is 14.1 Å². The van der Waals surface area contributed by atoms with Crippen molar-refractivity contribution in [3.63, 3.8) is 0 Å². The van der Waals surface area contributed by atoms with Crippen LogP contribution in [0.25, 0.3) is 6.08 Å². The molecular weight excluding hydrogens is 272 g/mol. The zero-order valence-electron chi connectivity index (χ0n) is 14.2. The largest absolute Gasteiger partial charge is 0.389 e. The number of aliphatic hydroxyl groups is 1. The summed E-state index contributed by atoms with van der Waals surface area (Å²) < 4.78 is 0. The second-order valence-electron chi connectivity index (χ2n) is 6.98. The maximum atomic E-state index is 10.6. The molecule has 21 heavy (non-hydrogen) atoms. The second-order valence-corrected chi connectivity index (χ2v) is 12.1. The lowest BCUT2D eigenvalue weighted by Crippen LogP contribution is -2.32. The Kier molecular flexibility index (Phi) is 7.98. The highest BCUT2D eigenvalue weighted by atomic mass is 28.3. The molecule has 1 rings (SSSR count). The Hall–Kier alpha value is -0.863. The molecule has 1 aromatic carbocycles. The molecule has 0 radical (unpaired) electrons. The minimum Gasteiger partial charge on any atom is -0.389 e. The minimum absolute atomic E-state index is 0.265. The van der Waals surface area contributed by atoms with E-state index in [-0.39, 0.29) is 6.10 Å². The number of benzene rings is 1. The fourth-order valence-corrected chi connectivity index (χ4v) is 4.38. The van der Waals surface area contributed by atoms with Crippen LogP contribution in [0.5, 0.6) is 0 Å². The molecule has 1 unspecified atom stereocenters. The van der Waals surface area contributed by atoms with E-state index in [1.807, 2.05) is 6.07 Å². The van der Waals surface area contributed by atoms with Crippen LogP contribution in [0.4, 0.5) is 0 Å². The molecule has 1 nitrogen and oxygen atoms in total. The van der Waals surface area contributed by atoms with Gasteiger partial charge in [0.15, 0.2) is 0 Å². The van der Waals surface area contributed by atoms with E-state index < -0.39 is 8.07 Å². The van der Waals surface area contributed by atoms with Crippen LogP contribution in [0, 0.1) is 0 Å². The van der Waals surface area contributed by atoms with Crippen molar-refractivity contribution in [2.45, 2.75) is 71.2 Å². The van der Waals surface area contributed by atoms with E-state index in [9.17, 15) is 5.11 Å². The van der Waals surface area contributed by atoms with Gasteiger partial charge >= 0.3 is 0 Å². The molecule has 0 aliphatic heterocycles. The van der Waals surface area contributed by atoms with Crippen LogP contribution < -0.4 is 0 Å². The van der Waals surface area contributed by atoms with Gasteiger partial charge in [-0.1, -0.05) is 100 Å². The summed E-state index contributed by atoms with van der Waals surface area (Å²) in [5.41, 5.74) is 1.21. The van der Waals surface area contributed by atoms with Crippen molar-refractivity contribution in [1.29, 1.82) is 0 Å². The fourth-order valence-electron chi connectivity index (χ4n) is 2.64. The highest BCUT2D eigenvalue weighted by molar-refractivity contribution is 6.83. The third-order valence-corrected chi connectivity index (χ3v) is 6.14. The summed E-state index contributed by atoms with van der Waals surface area (Å²) in [6, 6.07) is 10.4. The van der Waals surface area contributed by atoms with Crippen molar-refractivity contribution in [3.8, 4) is 0 Å². The van der Waals surface area contributed by atoms with Crippen molar-refractivity contribution in [2.75, 3.05) is 0 Å². The Labute approximate surface area is 132 Å². The molecule has 1 N–H and O–H groups in total. The summed E-state index contributed by atoms with van der Waals surface area (Å²) in [5.74, 6) is 0. The van der Waals surface area contributed by atoms with Gasteiger partial charge in [-0.05, 0) is 12.0 Å². The van der Waals surface area contributed by atoms with Crippen LogP contribution in [0.15, 0.2) is 35.5 Å². The van der Waals surface area contributed by atoms with E-state index in [0.29, 0.717) is 0 Å². The molecule has 0 fully saturated rings. The van der Waals surface area contributed by atoms with Gasteiger partial charge in [-0.3, -0.25) is 0 Å². The second kappa shape index (κ2) is 9.21. The highest BCUT2D eigenvalue weighted by Gasteiger charge is 2.25. The molecule has 0 saturated carbocycles. The first-order chi connectivity index (χ1) is 9.95. The highest BCUT2D eigenvalue weighted by Crippen LogP contribution is 2.24. The Balaban J connectivity index is 2.68. The van der Waals surface area contributed by atoms with Gasteiger partial charge in [-0.25, -0.2) is 0 Å². The van der Waals surface area contributed by atoms with E-state index in [1.54, 1.807) is 0 Å². The molecule has 1 atom stereocenters. The standard InChI is InChI=1S/C19H32OSi/c1-5-6-7-8-12-15-18(20)19(21(2,3)4)16-17-13-10-9-11-14-17/h9-11,13-14,16,18,20H,5-8,12,15H2,1-4H3/b19-16-. The predicted molar refractivity (Wildman–Crippen MR) is 97.1 cm³/mol. The van der Waals surface area contributed by atoms with Crippen molar-refractivity contribution in [3.05, 3.63) is 41.1 Å². The van der Waals surface area contributed by atoms with Crippen LogP contribution in [-0.4, -0.2) is 19.3 Å². The summed E-state index contributed by atoms with van der Waals surface area (Å²) in [4.78, 5) is 0. The zero-order chi connectivity index (χ0) is 15.7. The van der Waals surface area contributed by atoms with E-state index >= 15 is 0 Å². The smallest absolute Gasteiger partial charge is 0.0758 e. The number of aliphatic hydroxyl groups excluding tert-OH is 1. The summed E-state index contributed by atoms with van der Waals surface area (Å²) in [7, 11) is -1.50. The van der Waals surface area contributed by atoms with Gasteiger partial charge in [0.2, 0.25) is 0 Å². The number of rotatable bonds is 9. The maximum Gasteiger partial charge on any atom is 0.0758 e. The molecule has 0 aliphatic rings. The van der Waals surface area contributed by atoms with Crippen LogP contribution in [0.2, 0.25) is 19.6 Å². The van der Waals surface area contributed by atoms with Crippen molar-refractivity contribution in [1.82, 2.24) is 0 Å². The first-order valence-electron chi connectivity index (χ1n) is 8.40. The quantitative estimate of drug-likeness (QED) is 0.460. The molecular formula is C19H32OSi. The fraction of sp³-hybridized carbons (Fsp3) is 0.579. The summed E-state index contributed by atoms with van der Waals surface area (Å²) in [6.07, 6.45) is 9.14. The molecule has 0 amide bonds. The summed E-state index contributed by atoms with van der Waals surface area (Å²) in [6.45, 7) is 9.20.